The number of nitrogens with zero attached hydrogens (tertiary/aromatic N) is 3. The minimum Gasteiger partial charge on any atom is -0.345 e. The van der Waals surface area contributed by atoms with Gasteiger partial charge in [-0.1, -0.05) is 23.7 Å². The number of H-pyrrole nitrogens is 1. The maximum atomic E-state index is 12.5. The van der Waals surface area contributed by atoms with Crippen LogP contribution in [0.3, 0.4) is 0 Å². The second-order valence-corrected chi connectivity index (χ2v) is 9.73. The summed E-state index contributed by atoms with van der Waals surface area (Å²) in [5.74, 6) is 0. The fourth-order valence-corrected chi connectivity index (χ4v) is 4.59. The Bertz CT molecular complexity index is 1620. The molecule has 0 aliphatic rings. The predicted octanol–water partition coefficient (Wildman–Crippen LogP) is 4.17. The van der Waals surface area contributed by atoms with Crippen LogP contribution in [0.5, 0.6) is 0 Å². The highest BCUT2D eigenvalue weighted by Gasteiger charge is 2.20. The number of benzene rings is 2. The number of pyridine rings is 1. The van der Waals surface area contributed by atoms with Crippen molar-refractivity contribution in [3.8, 4) is 28.6 Å². The first kappa shape index (κ1) is 22.5. The Kier molecular flexibility index (Phi) is 5.66. The van der Waals surface area contributed by atoms with Crippen LogP contribution in [0.15, 0.2) is 47.4 Å². The quantitative estimate of drug-likeness (QED) is 0.452. The Hall–Kier alpha value is -3.74. The molecule has 166 valence electrons. The topological polar surface area (TPSA) is 129 Å². The van der Waals surface area contributed by atoms with Crippen molar-refractivity contribution >= 4 is 38.5 Å². The Morgan fingerprint density at radius 1 is 1.12 bits per heavy atom. The summed E-state index contributed by atoms with van der Waals surface area (Å²) in [5.41, 5.74) is 4.25. The predicted molar refractivity (Wildman–Crippen MR) is 129 cm³/mol. The molecule has 2 N–H and O–H groups in total. The highest BCUT2D eigenvalue weighted by atomic mass is 35.5. The number of rotatable bonds is 4. The zero-order valence-corrected chi connectivity index (χ0v) is 19.5. The third-order valence-electron chi connectivity index (χ3n) is 5.14. The smallest absolute Gasteiger partial charge is 0.229 e. The molecule has 4 aromatic rings. The van der Waals surface area contributed by atoms with Crippen molar-refractivity contribution in [3.63, 3.8) is 0 Å². The third-order valence-corrected chi connectivity index (χ3v) is 6.01. The van der Waals surface area contributed by atoms with Gasteiger partial charge in [0.2, 0.25) is 15.5 Å². The molecule has 2 heterocycles. The van der Waals surface area contributed by atoms with Crippen molar-refractivity contribution in [2.24, 2.45) is 0 Å². The minimum atomic E-state index is -3.54. The van der Waals surface area contributed by atoms with E-state index in [0.29, 0.717) is 44.9 Å². The molecular formula is C23H18ClN5O3S. The van der Waals surface area contributed by atoms with Crippen molar-refractivity contribution in [1.82, 2.24) is 15.0 Å². The van der Waals surface area contributed by atoms with E-state index in [-0.39, 0.29) is 21.7 Å². The first-order valence-electron chi connectivity index (χ1n) is 9.77. The average molecular weight is 480 g/mol. The second kappa shape index (κ2) is 8.31. The monoisotopic (exact) mass is 479 g/mol. The van der Waals surface area contributed by atoms with E-state index in [1.807, 2.05) is 13.0 Å². The maximum Gasteiger partial charge on any atom is 0.229 e. The van der Waals surface area contributed by atoms with Gasteiger partial charge in [0.25, 0.3) is 0 Å². The van der Waals surface area contributed by atoms with Gasteiger partial charge in [-0.25, -0.2) is 18.4 Å². The lowest BCUT2D eigenvalue weighted by Crippen LogP contribution is -2.11. The van der Waals surface area contributed by atoms with Crippen LogP contribution in [0, 0.1) is 25.2 Å². The summed E-state index contributed by atoms with van der Waals surface area (Å²) in [6.07, 6.45) is 2.54. The molecule has 0 atom stereocenters. The number of aromatic nitrogens is 3. The van der Waals surface area contributed by atoms with E-state index < -0.39 is 10.0 Å². The molecule has 4 rings (SSSR count). The van der Waals surface area contributed by atoms with Crippen LogP contribution in [0.2, 0.25) is 5.02 Å². The minimum absolute atomic E-state index is 0.150. The third kappa shape index (κ3) is 4.31. The van der Waals surface area contributed by atoms with E-state index in [1.54, 1.807) is 31.2 Å². The number of hydrogen-bond donors (Lipinski definition) is 2. The summed E-state index contributed by atoms with van der Waals surface area (Å²) in [7, 11) is -3.54. The van der Waals surface area contributed by atoms with Crippen LogP contribution in [0.1, 0.15) is 16.7 Å². The number of nitrogens with one attached hydrogen (secondary N) is 2. The van der Waals surface area contributed by atoms with E-state index in [0.717, 1.165) is 6.26 Å². The number of sulfonamides is 1. The molecule has 33 heavy (non-hydrogen) atoms. The second-order valence-electron chi connectivity index (χ2n) is 7.57. The molecule has 0 bridgehead atoms. The zero-order chi connectivity index (χ0) is 23.9. The first-order chi connectivity index (χ1) is 15.6. The van der Waals surface area contributed by atoms with Crippen molar-refractivity contribution in [2.75, 3.05) is 11.0 Å². The van der Waals surface area contributed by atoms with Gasteiger partial charge in [0.05, 0.1) is 40.0 Å². The molecule has 2 aromatic carbocycles. The molecule has 0 amide bonds. The summed E-state index contributed by atoms with van der Waals surface area (Å²) in [6.45, 7) is 3.53. The lowest BCUT2D eigenvalue weighted by atomic mass is 9.96. The Balaban J connectivity index is 2.06. The van der Waals surface area contributed by atoms with Gasteiger partial charge in [-0.15, -0.1) is 0 Å². The molecule has 0 saturated heterocycles. The molecule has 0 aliphatic heterocycles. The molecule has 8 nitrogen and oxygen atoms in total. The average Bonchev–Trinajstić information content (AvgIpc) is 2.75. The van der Waals surface area contributed by atoms with Crippen LogP contribution in [0.4, 0.5) is 5.69 Å². The first-order valence-corrected chi connectivity index (χ1v) is 12.0. The fraction of sp³-hybridized carbons (Fsp3) is 0.130. The van der Waals surface area contributed by atoms with Crippen LogP contribution in [0.25, 0.3) is 33.7 Å². The number of fused-ring (bicyclic) bond motifs is 1. The molecule has 0 radical (unpaired) electrons. The summed E-state index contributed by atoms with van der Waals surface area (Å²) >= 11 is 6.43. The summed E-state index contributed by atoms with van der Waals surface area (Å²) in [6, 6.07) is 12.1. The van der Waals surface area contributed by atoms with Crippen molar-refractivity contribution < 1.29 is 8.42 Å². The normalized spacial score (nSPS) is 11.4. The van der Waals surface area contributed by atoms with Crippen molar-refractivity contribution in [1.29, 1.82) is 5.26 Å². The molecule has 0 saturated carbocycles. The van der Waals surface area contributed by atoms with Gasteiger partial charge in [-0.2, -0.15) is 5.26 Å². The van der Waals surface area contributed by atoms with Gasteiger partial charge < -0.3 is 4.98 Å². The maximum absolute atomic E-state index is 12.5. The molecule has 0 fully saturated rings. The van der Waals surface area contributed by atoms with E-state index in [4.69, 9.17) is 11.6 Å². The van der Waals surface area contributed by atoms with Gasteiger partial charge in [0.1, 0.15) is 0 Å². The van der Waals surface area contributed by atoms with Gasteiger partial charge in [0, 0.05) is 23.4 Å². The fourth-order valence-electron chi connectivity index (χ4n) is 3.58. The lowest BCUT2D eigenvalue weighted by molar-refractivity contribution is 0.607. The molecule has 0 spiro atoms. The molecule has 0 unspecified atom stereocenters. The Labute approximate surface area is 195 Å². The van der Waals surface area contributed by atoms with Crippen molar-refractivity contribution in [2.45, 2.75) is 13.8 Å². The lowest BCUT2D eigenvalue weighted by Gasteiger charge is -2.15. The largest absolute Gasteiger partial charge is 0.345 e. The van der Waals surface area contributed by atoms with Crippen LogP contribution < -0.4 is 10.2 Å². The number of aryl methyl sites for hydroxylation is 1. The zero-order valence-electron chi connectivity index (χ0n) is 17.9. The van der Waals surface area contributed by atoms with E-state index in [1.165, 1.54) is 12.3 Å². The molecular weight excluding hydrogens is 462 g/mol. The Morgan fingerprint density at radius 2 is 1.88 bits per heavy atom. The molecule has 2 aromatic heterocycles. The van der Waals surface area contributed by atoms with E-state index in [2.05, 4.69) is 25.7 Å². The van der Waals surface area contributed by atoms with Crippen LogP contribution in [-0.2, 0) is 10.0 Å². The van der Waals surface area contributed by atoms with Gasteiger partial charge >= 0.3 is 0 Å². The summed E-state index contributed by atoms with van der Waals surface area (Å²) in [4.78, 5) is 24.7. The van der Waals surface area contributed by atoms with E-state index >= 15 is 0 Å². The number of aromatic amines is 1. The number of nitriles is 1. The highest BCUT2D eigenvalue weighted by molar-refractivity contribution is 7.92. The number of anilines is 1. The van der Waals surface area contributed by atoms with Crippen LogP contribution in [-0.4, -0.2) is 29.6 Å². The van der Waals surface area contributed by atoms with Gasteiger partial charge in [-0.3, -0.25) is 9.52 Å². The number of hydrogen-bond acceptors (Lipinski definition) is 6. The van der Waals surface area contributed by atoms with E-state index in [9.17, 15) is 18.5 Å². The highest BCUT2D eigenvalue weighted by Crippen LogP contribution is 2.37. The van der Waals surface area contributed by atoms with Gasteiger partial charge in [0.15, 0.2) is 11.2 Å². The number of halogens is 1. The standard InChI is InChI=1S/C23H18ClN5O3S/c1-12-9-15(10-17(24)19(12)29-33(3,31)32)20-21(16-6-4-5-14(11-25)13(16)2)28-23-22(27-20)18(30)7-8-26-23/h4-10,29H,1-3H3,(H,26,28,30). The summed E-state index contributed by atoms with van der Waals surface area (Å²) < 4.78 is 25.9. The van der Waals surface area contributed by atoms with Gasteiger partial charge in [-0.05, 0) is 43.2 Å². The molecule has 0 aliphatic carbocycles. The SMILES string of the molecule is Cc1cc(-c2nc3c(=O)cc[nH]c3nc2-c2cccc(C#N)c2C)cc(Cl)c1NS(C)(=O)=O. The molecule has 10 heteroatoms. The summed E-state index contributed by atoms with van der Waals surface area (Å²) in [5, 5.41) is 9.65. The van der Waals surface area contributed by atoms with Crippen molar-refractivity contribution in [3.05, 3.63) is 74.5 Å². The Morgan fingerprint density at radius 3 is 2.55 bits per heavy atom. The van der Waals surface area contributed by atoms with Crippen LogP contribution >= 0.6 is 11.6 Å².